The van der Waals surface area contributed by atoms with E-state index in [2.05, 4.69) is 38.7 Å². The van der Waals surface area contributed by atoms with Crippen molar-refractivity contribution < 1.29 is 9.18 Å². The molecule has 0 saturated carbocycles. The number of halogens is 1. The van der Waals surface area contributed by atoms with Crippen molar-refractivity contribution >= 4 is 17.1 Å². The van der Waals surface area contributed by atoms with Gasteiger partial charge in [-0.25, -0.2) is 9.37 Å². The quantitative estimate of drug-likeness (QED) is 0.372. The molecule has 0 saturated heterocycles. The summed E-state index contributed by atoms with van der Waals surface area (Å²) in [6.07, 6.45) is 5.59. The largest absolute Gasteiger partial charge is 0.322 e. The summed E-state index contributed by atoms with van der Waals surface area (Å²) in [6.45, 7) is 3.86. The molecule has 0 aliphatic rings. The van der Waals surface area contributed by atoms with Gasteiger partial charge in [-0.15, -0.1) is 0 Å². The third-order valence-electron chi connectivity index (χ3n) is 5.70. The lowest BCUT2D eigenvalue weighted by Gasteiger charge is -2.11. The van der Waals surface area contributed by atoms with Gasteiger partial charge < -0.3 is 5.32 Å². The minimum atomic E-state index is -0.355. The first-order valence-corrected chi connectivity index (χ1v) is 10.6. The first-order valence-electron chi connectivity index (χ1n) is 10.6. The zero-order valence-electron chi connectivity index (χ0n) is 18.2. The molecule has 2 aromatic carbocycles. The highest BCUT2D eigenvalue weighted by molar-refractivity contribution is 6.05. The maximum Gasteiger partial charge on any atom is 0.257 e. The van der Waals surface area contributed by atoms with Gasteiger partial charge in [0.15, 0.2) is 0 Å². The van der Waals surface area contributed by atoms with E-state index in [9.17, 15) is 9.18 Å². The maximum absolute atomic E-state index is 13.2. The van der Waals surface area contributed by atoms with Crippen LogP contribution in [0.3, 0.4) is 0 Å². The second kappa shape index (κ2) is 8.31. The van der Waals surface area contributed by atoms with E-state index in [-0.39, 0.29) is 11.7 Å². The lowest BCUT2D eigenvalue weighted by Crippen LogP contribution is -2.14. The summed E-state index contributed by atoms with van der Waals surface area (Å²) in [5.41, 5.74) is 6.46. The van der Waals surface area contributed by atoms with E-state index in [0.717, 1.165) is 33.6 Å². The van der Waals surface area contributed by atoms with Crippen molar-refractivity contribution in [2.45, 2.75) is 13.8 Å². The normalized spacial score (nSPS) is 11.0. The number of benzene rings is 2. The fourth-order valence-electron chi connectivity index (χ4n) is 3.93. The van der Waals surface area contributed by atoms with E-state index in [1.165, 1.54) is 24.3 Å². The number of hydrogen-bond donors (Lipinski definition) is 1. The fraction of sp³-hybridized carbons (Fsp3) is 0.0741. The predicted molar refractivity (Wildman–Crippen MR) is 128 cm³/mol. The summed E-state index contributed by atoms with van der Waals surface area (Å²) in [5.74, 6) is 0.209. The van der Waals surface area contributed by atoms with Gasteiger partial charge in [-0.1, -0.05) is 30.3 Å². The highest BCUT2D eigenvalue weighted by atomic mass is 19.1. The van der Waals surface area contributed by atoms with Gasteiger partial charge in [0.1, 0.15) is 11.6 Å². The van der Waals surface area contributed by atoms with Crippen LogP contribution in [0.1, 0.15) is 21.6 Å². The molecule has 0 aliphatic heterocycles. The van der Waals surface area contributed by atoms with E-state index in [4.69, 9.17) is 0 Å². The number of nitrogens with one attached hydrogen (secondary N) is 1. The molecule has 0 atom stereocenters. The lowest BCUT2D eigenvalue weighted by molar-refractivity contribution is 0.102. The second-order valence-electron chi connectivity index (χ2n) is 7.89. The lowest BCUT2D eigenvalue weighted by atomic mass is 10.0. The minimum Gasteiger partial charge on any atom is -0.322 e. The van der Waals surface area contributed by atoms with Gasteiger partial charge in [-0.05, 0) is 55.8 Å². The maximum atomic E-state index is 13.2. The number of nitrogens with zero attached hydrogens (tertiary/aromatic N) is 3. The molecule has 0 aliphatic carbocycles. The van der Waals surface area contributed by atoms with Crippen LogP contribution in [0, 0.1) is 19.7 Å². The minimum absolute atomic E-state index is 0.297. The van der Waals surface area contributed by atoms with Crippen molar-refractivity contribution in [2.75, 3.05) is 5.32 Å². The van der Waals surface area contributed by atoms with Crippen molar-refractivity contribution in [3.05, 3.63) is 108 Å². The van der Waals surface area contributed by atoms with E-state index in [1.54, 1.807) is 13.1 Å². The Labute approximate surface area is 190 Å². The molecule has 0 radical (unpaired) electrons. The SMILES string of the molecule is Cc1ccccc1-c1ncc2c(-c3cnc(C)c(C(=O)Nc4ccc(F)cc4)c3)cccn12. The Morgan fingerprint density at radius 3 is 2.45 bits per heavy atom. The number of hydrogen-bond acceptors (Lipinski definition) is 3. The zero-order chi connectivity index (χ0) is 22.9. The van der Waals surface area contributed by atoms with Crippen LogP contribution in [0.4, 0.5) is 10.1 Å². The number of anilines is 1. The van der Waals surface area contributed by atoms with Crippen LogP contribution in [0.5, 0.6) is 0 Å². The Morgan fingerprint density at radius 2 is 1.67 bits per heavy atom. The Kier molecular flexibility index (Phi) is 5.18. The molecule has 1 N–H and O–H groups in total. The topological polar surface area (TPSA) is 59.3 Å². The summed E-state index contributed by atoms with van der Waals surface area (Å²) in [5, 5.41) is 2.81. The van der Waals surface area contributed by atoms with Gasteiger partial charge in [-0.3, -0.25) is 14.2 Å². The third-order valence-corrected chi connectivity index (χ3v) is 5.70. The number of fused-ring (bicyclic) bond motifs is 1. The van der Waals surface area contributed by atoms with Crippen LogP contribution in [-0.4, -0.2) is 20.3 Å². The molecule has 5 rings (SSSR count). The molecule has 162 valence electrons. The molecule has 0 fully saturated rings. The molecule has 33 heavy (non-hydrogen) atoms. The number of amides is 1. The van der Waals surface area contributed by atoms with Crippen LogP contribution in [0.25, 0.3) is 28.0 Å². The van der Waals surface area contributed by atoms with Gasteiger partial charge in [-0.2, -0.15) is 0 Å². The highest BCUT2D eigenvalue weighted by Gasteiger charge is 2.16. The van der Waals surface area contributed by atoms with E-state index < -0.39 is 0 Å². The van der Waals surface area contributed by atoms with E-state index in [1.807, 2.05) is 42.7 Å². The van der Waals surface area contributed by atoms with Crippen molar-refractivity contribution in [1.29, 1.82) is 0 Å². The van der Waals surface area contributed by atoms with Gasteiger partial charge in [0, 0.05) is 34.8 Å². The van der Waals surface area contributed by atoms with Crippen LogP contribution < -0.4 is 5.32 Å². The Bertz CT molecular complexity index is 1490. The fourth-order valence-corrected chi connectivity index (χ4v) is 3.93. The molecule has 1 amide bonds. The number of pyridine rings is 2. The summed E-state index contributed by atoms with van der Waals surface area (Å²) < 4.78 is 15.2. The molecule has 3 heterocycles. The second-order valence-corrected chi connectivity index (χ2v) is 7.89. The van der Waals surface area contributed by atoms with Crippen LogP contribution in [0.15, 0.2) is 85.3 Å². The first kappa shape index (κ1) is 20.6. The highest BCUT2D eigenvalue weighted by Crippen LogP contribution is 2.30. The van der Waals surface area contributed by atoms with Crippen molar-refractivity contribution in [2.24, 2.45) is 0 Å². The van der Waals surface area contributed by atoms with Crippen molar-refractivity contribution in [1.82, 2.24) is 14.4 Å². The van der Waals surface area contributed by atoms with Gasteiger partial charge in [0.25, 0.3) is 5.91 Å². The number of aryl methyl sites for hydroxylation is 2. The third kappa shape index (κ3) is 3.87. The average molecular weight is 436 g/mol. The van der Waals surface area contributed by atoms with Crippen LogP contribution in [0.2, 0.25) is 0 Å². The standard InChI is InChI=1S/C27H21FN4O/c1-17-6-3-4-7-22(17)26-30-16-25-23(8-5-13-32(25)26)19-14-24(18(2)29-15-19)27(33)31-21-11-9-20(28)10-12-21/h3-16H,1-2H3,(H,31,33). The van der Waals surface area contributed by atoms with Gasteiger partial charge >= 0.3 is 0 Å². The summed E-state index contributed by atoms with van der Waals surface area (Å²) in [6, 6.07) is 19.6. The first-order chi connectivity index (χ1) is 16.0. The monoisotopic (exact) mass is 436 g/mol. The Balaban J connectivity index is 1.55. The molecule has 0 bridgehead atoms. The predicted octanol–water partition coefficient (Wildman–Crippen LogP) is 6.07. The van der Waals surface area contributed by atoms with Gasteiger partial charge in [0.2, 0.25) is 0 Å². The van der Waals surface area contributed by atoms with E-state index >= 15 is 0 Å². The van der Waals surface area contributed by atoms with E-state index in [0.29, 0.717) is 16.9 Å². The molecule has 0 unspecified atom stereocenters. The molecule has 6 heteroatoms. The number of carbonyl (C=O) groups is 1. The molecule has 5 aromatic rings. The number of aromatic nitrogens is 3. The van der Waals surface area contributed by atoms with Gasteiger partial charge in [0.05, 0.1) is 23.0 Å². The van der Waals surface area contributed by atoms with Crippen molar-refractivity contribution in [3.63, 3.8) is 0 Å². The number of rotatable bonds is 4. The van der Waals surface area contributed by atoms with Crippen LogP contribution in [-0.2, 0) is 0 Å². The molecule has 5 nitrogen and oxygen atoms in total. The van der Waals surface area contributed by atoms with Crippen LogP contribution >= 0.6 is 0 Å². The van der Waals surface area contributed by atoms with Crippen molar-refractivity contribution in [3.8, 4) is 22.5 Å². The smallest absolute Gasteiger partial charge is 0.257 e. The zero-order valence-corrected chi connectivity index (χ0v) is 18.2. The molecular weight excluding hydrogens is 415 g/mol. The molecule has 3 aromatic heterocycles. The number of imidazole rings is 1. The summed E-state index contributed by atoms with van der Waals surface area (Å²) >= 11 is 0. The summed E-state index contributed by atoms with van der Waals surface area (Å²) in [7, 11) is 0. The number of carbonyl (C=O) groups excluding carboxylic acids is 1. The Morgan fingerprint density at radius 1 is 0.909 bits per heavy atom. The Hall–Kier alpha value is -4.32. The molecular formula is C27H21FN4O. The summed E-state index contributed by atoms with van der Waals surface area (Å²) in [4.78, 5) is 22.1. The average Bonchev–Trinajstić information content (AvgIpc) is 3.25. The molecule has 0 spiro atoms.